The lowest BCUT2D eigenvalue weighted by Gasteiger charge is -2.46. The van der Waals surface area contributed by atoms with E-state index in [1.807, 2.05) is 0 Å². The van der Waals surface area contributed by atoms with Gasteiger partial charge in [-0.2, -0.15) is 0 Å². The molecule has 0 aromatic heterocycles. The molecule has 0 heterocycles. The molecular weight excluding hydrogens is 244 g/mol. The van der Waals surface area contributed by atoms with Crippen molar-refractivity contribution in [1.82, 2.24) is 4.90 Å². The lowest BCUT2D eigenvalue weighted by atomic mass is 9.65. The highest BCUT2D eigenvalue weighted by Crippen LogP contribution is 2.44. The number of nitrogens with two attached hydrogens (primary N) is 1. The number of hydrogen-bond donors (Lipinski definition) is 1. The Labute approximate surface area is 126 Å². The predicted octanol–water partition coefficient (Wildman–Crippen LogP) is 3.75. The fourth-order valence-corrected chi connectivity index (χ4v) is 4.18. The molecule has 0 aromatic rings. The molecule has 0 saturated heterocycles. The van der Waals surface area contributed by atoms with Gasteiger partial charge in [-0.05, 0) is 68.4 Å². The number of rotatable bonds is 6. The minimum atomic E-state index is 0.492. The van der Waals surface area contributed by atoms with Gasteiger partial charge in [-0.25, -0.2) is 0 Å². The molecule has 5 atom stereocenters. The van der Waals surface area contributed by atoms with Crippen LogP contribution in [0.1, 0.15) is 59.8 Å². The summed E-state index contributed by atoms with van der Waals surface area (Å²) in [5.74, 6) is 3.51. The molecule has 2 rings (SSSR count). The molecule has 5 unspecified atom stereocenters. The van der Waals surface area contributed by atoms with Crippen LogP contribution in [0.5, 0.6) is 0 Å². The summed E-state index contributed by atoms with van der Waals surface area (Å²) in [6.45, 7) is 11.8. The Bertz CT molecular complexity index is 313. The minimum absolute atomic E-state index is 0.492. The largest absolute Gasteiger partial charge is 0.330 e. The van der Waals surface area contributed by atoms with E-state index in [2.05, 4.69) is 39.6 Å². The maximum atomic E-state index is 6.07. The van der Waals surface area contributed by atoms with Gasteiger partial charge in [-0.3, -0.25) is 0 Å². The first kappa shape index (κ1) is 16.3. The molecule has 2 fully saturated rings. The average Bonchev–Trinajstić information content (AvgIpc) is 3.13. The Morgan fingerprint density at radius 3 is 2.30 bits per heavy atom. The molecule has 2 N–H and O–H groups in total. The first-order chi connectivity index (χ1) is 9.39. The normalized spacial score (nSPS) is 38.2. The maximum absolute atomic E-state index is 6.07. The molecule has 0 radical (unpaired) electrons. The molecular formula is C18H36N2. The van der Waals surface area contributed by atoms with E-state index >= 15 is 0 Å². The van der Waals surface area contributed by atoms with Gasteiger partial charge in [0.1, 0.15) is 0 Å². The molecule has 0 amide bonds. The van der Waals surface area contributed by atoms with Gasteiger partial charge in [0.05, 0.1) is 0 Å². The van der Waals surface area contributed by atoms with E-state index in [0.29, 0.717) is 5.41 Å². The first-order valence-electron chi connectivity index (χ1n) is 8.79. The van der Waals surface area contributed by atoms with Crippen molar-refractivity contribution in [2.75, 3.05) is 20.1 Å². The highest BCUT2D eigenvalue weighted by Gasteiger charge is 2.40. The molecule has 2 saturated carbocycles. The summed E-state index contributed by atoms with van der Waals surface area (Å²) in [6, 6.07) is 0.720. The highest BCUT2D eigenvalue weighted by atomic mass is 15.1. The summed E-state index contributed by atoms with van der Waals surface area (Å²) in [7, 11) is 2.35. The van der Waals surface area contributed by atoms with Crippen molar-refractivity contribution < 1.29 is 0 Å². The number of nitrogens with zero attached hydrogens (tertiary/aromatic N) is 1. The Morgan fingerprint density at radius 2 is 1.80 bits per heavy atom. The van der Waals surface area contributed by atoms with Crippen LogP contribution < -0.4 is 5.73 Å². The third-order valence-electron chi connectivity index (χ3n) is 6.64. The minimum Gasteiger partial charge on any atom is -0.330 e. The van der Waals surface area contributed by atoms with Crippen molar-refractivity contribution in [3.05, 3.63) is 0 Å². The van der Waals surface area contributed by atoms with Gasteiger partial charge >= 0.3 is 0 Å². The predicted molar refractivity (Wildman–Crippen MR) is 87.6 cm³/mol. The Balaban J connectivity index is 1.98. The number of hydrogen-bond acceptors (Lipinski definition) is 2. The first-order valence-corrected chi connectivity index (χ1v) is 8.79. The van der Waals surface area contributed by atoms with Crippen LogP contribution in [-0.2, 0) is 0 Å². The zero-order chi connectivity index (χ0) is 14.9. The lowest BCUT2D eigenvalue weighted by molar-refractivity contribution is 0.0476. The van der Waals surface area contributed by atoms with Gasteiger partial charge in [0.15, 0.2) is 0 Å². The monoisotopic (exact) mass is 280 g/mol. The zero-order valence-corrected chi connectivity index (χ0v) is 14.4. The summed E-state index contributed by atoms with van der Waals surface area (Å²) in [5, 5.41) is 0. The van der Waals surface area contributed by atoms with Gasteiger partial charge in [0, 0.05) is 12.6 Å². The Hall–Kier alpha value is -0.0800. The second-order valence-electron chi connectivity index (χ2n) is 8.33. The van der Waals surface area contributed by atoms with Gasteiger partial charge < -0.3 is 10.6 Å². The van der Waals surface area contributed by atoms with E-state index in [1.54, 1.807) is 0 Å². The standard InChI is InChI=1S/C18H36N2/c1-6-18(3,4)16-8-7-14(11-19)17(10-16)20(5)12-15-9-13(15)2/h13-17H,6-12,19H2,1-5H3. The molecule has 2 aliphatic carbocycles. The van der Waals surface area contributed by atoms with E-state index in [1.165, 1.54) is 38.6 Å². The van der Waals surface area contributed by atoms with E-state index in [-0.39, 0.29) is 0 Å². The zero-order valence-electron chi connectivity index (χ0n) is 14.4. The summed E-state index contributed by atoms with van der Waals surface area (Å²) < 4.78 is 0. The lowest BCUT2D eigenvalue weighted by Crippen LogP contribution is -2.48. The van der Waals surface area contributed by atoms with Crippen molar-refractivity contribution in [1.29, 1.82) is 0 Å². The SMILES string of the molecule is CCC(C)(C)C1CCC(CN)C(N(C)CC2CC2C)C1. The quantitative estimate of drug-likeness (QED) is 0.803. The van der Waals surface area contributed by atoms with Crippen LogP contribution in [0.3, 0.4) is 0 Å². The smallest absolute Gasteiger partial charge is 0.0135 e. The molecule has 0 aromatic carbocycles. The van der Waals surface area contributed by atoms with Crippen LogP contribution >= 0.6 is 0 Å². The van der Waals surface area contributed by atoms with Crippen LogP contribution in [0.25, 0.3) is 0 Å². The third-order valence-corrected chi connectivity index (χ3v) is 6.64. The van der Waals surface area contributed by atoms with E-state index in [9.17, 15) is 0 Å². The van der Waals surface area contributed by atoms with E-state index in [0.717, 1.165) is 36.3 Å². The van der Waals surface area contributed by atoms with Crippen molar-refractivity contribution in [2.45, 2.75) is 65.8 Å². The fourth-order valence-electron chi connectivity index (χ4n) is 4.18. The van der Waals surface area contributed by atoms with Gasteiger partial charge in [0.2, 0.25) is 0 Å². The fraction of sp³-hybridized carbons (Fsp3) is 1.00. The van der Waals surface area contributed by atoms with Crippen molar-refractivity contribution >= 4 is 0 Å². The summed E-state index contributed by atoms with van der Waals surface area (Å²) in [6.07, 6.45) is 6.81. The van der Waals surface area contributed by atoms with E-state index in [4.69, 9.17) is 5.73 Å². The van der Waals surface area contributed by atoms with Gasteiger partial charge in [0.25, 0.3) is 0 Å². The second-order valence-corrected chi connectivity index (χ2v) is 8.33. The topological polar surface area (TPSA) is 29.3 Å². The average molecular weight is 280 g/mol. The Morgan fingerprint density at radius 1 is 1.15 bits per heavy atom. The van der Waals surface area contributed by atoms with Gasteiger partial charge in [-0.1, -0.05) is 34.1 Å². The molecule has 2 aliphatic rings. The van der Waals surface area contributed by atoms with Crippen LogP contribution in [0, 0.1) is 29.1 Å². The molecule has 118 valence electrons. The summed E-state index contributed by atoms with van der Waals surface area (Å²) in [5.41, 5.74) is 6.56. The third kappa shape index (κ3) is 3.57. The van der Waals surface area contributed by atoms with Crippen LogP contribution in [0.15, 0.2) is 0 Å². The van der Waals surface area contributed by atoms with Crippen LogP contribution in [0.4, 0.5) is 0 Å². The molecule has 0 spiro atoms. The highest BCUT2D eigenvalue weighted by molar-refractivity contribution is 4.93. The van der Waals surface area contributed by atoms with Crippen molar-refractivity contribution in [3.8, 4) is 0 Å². The summed E-state index contributed by atoms with van der Waals surface area (Å²) >= 11 is 0. The van der Waals surface area contributed by atoms with E-state index < -0.39 is 0 Å². The van der Waals surface area contributed by atoms with Gasteiger partial charge in [-0.15, -0.1) is 0 Å². The maximum Gasteiger partial charge on any atom is 0.0135 e. The molecule has 0 bridgehead atoms. The molecule has 0 aliphatic heterocycles. The van der Waals surface area contributed by atoms with Crippen LogP contribution in [-0.4, -0.2) is 31.1 Å². The molecule has 2 heteroatoms. The Kier molecular flexibility index (Phi) is 5.18. The second kappa shape index (κ2) is 6.36. The van der Waals surface area contributed by atoms with Crippen LogP contribution in [0.2, 0.25) is 0 Å². The molecule has 2 nitrogen and oxygen atoms in total. The molecule has 20 heavy (non-hydrogen) atoms. The summed E-state index contributed by atoms with van der Waals surface area (Å²) in [4.78, 5) is 2.66. The van der Waals surface area contributed by atoms with Crippen molar-refractivity contribution in [3.63, 3.8) is 0 Å². The van der Waals surface area contributed by atoms with Crippen molar-refractivity contribution in [2.24, 2.45) is 34.8 Å².